The fourth-order valence-corrected chi connectivity index (χ4v) is 3.98. The average molecular weight is 356 g/mol. The average Bonchev–Trinajstić information content (AvgIpc) is 3.27. The van der Waals surface area contributed by atoms with Crippen molar-refractivity contribution in [1.82, 2.24) is 24.6 Å². The van der Waals surface area contributed by atoms with Crippen molar-refractivity contribution >= 4 is 12.4 Å². The molecule has 130 valence electrons. The van der Waals surface area contributed by atoms with E-state index >= 15 is 0 Å². The van der Waals surface area contributed by atoms with E-state index in [0.717, 1.165) is 37.6 Å². The van der Waals surface area contributed by atoms with Crippen molar-refractivity contribution in [2.24, 2.45) is 0 Å². The molecular weight excluding hydrogens is 334 g/mol. The van der Waals surface area contributed by atoms with Gasteiger partial charge in [0.1, 0.15) is 5.69 Å². The molecule has 0 fully saturated rings. The van der Waals surface area contributed by atoms with Crippen LogP contribution >= 0.6 is 12.4 Å². The minimum absolute atomic E-state index is 0. The first-order chi connectivity index (χ1) is 11.9. The number of rotatable bonds is 2. The molecule has 2 aliphatic rings. The summed E-state index contributed by atoms with van der Waals surface area (Å²) in [6, 6.07) is 8.83. The van der Waals surface area contributed by atoms with Crippen LogP contribution in [-0.4, -0.2) is 25.9 Å². The maximum atomic E-state index is 4.78. The minimum Gasteiger partial charge on any atom is -0.309 e. The van der Waals surface area contributed by atoms with Gasteiger partial charge in [0.15, 0.2) is 5.82 Å². The standard InChI is InChI=1S/C19H21N5.ClH/c1-2-6-16-14(4-1)5-3-7-18(16)23-10-9-21-19(23)17-12-15-13-20-8-11-24(15)22-17;/h3,5,7,9-10,12,20H,1-2,4,6,8,11,13H2;1H. The number of fused-ring (bicyclic) bond motifs is 2. The van der Waals surface area contributed by atoms with Crippen molar-refractivity contribution in [3.8, 4) is 17.2 Å². The van der Waals surface area contributed by atoms with E-state index in [0.29, 0.717) is 0 Å². The summed E-state index contributed by atoms with van der Waals surface area (Å²) in [7, 11) is 0. The Morgan fingerprint density at radius 3 is 2.96 bits per heavy atom. The number of benzene rings is 1. The highest BCUT2D eigenvalue weighted by Crippen LogP contribution is 2.30. The van der Waals surface area contributed by atoms with E-state index in [-0.39, 0.29) is 12.4 Å². The van der Waals surface area contributed by atoms with Gasteiger partial charge in [-0.15, -0.1) is 12.4 Å². The summed E-state index contributed by atoms with van der Waals surface area (Å²) in [6.45, 7) is 2.79. The Morgan fingerprint density at radius 2 is 2.04 bits per heavy atom. The molecular formula is C19H22ClN5. The van der Waals surface area contributed by atoms with Crippen molar-refractivity contribution in [1.29, 1.82) is 0 Å². The van der Waals surface area contributed by atoms with Crippen LogP contribution in [0.5, 0.6) is 0 Å². The first-order valence-electron chi connectivity index (χ1n) is 8.82. The Kier molecular flexibility index (Phi) is 4.36. The largest absolute Gasteiger partial charge is 0.309 e. The van der Waals surface area contributed by atoms with Crippen LogP contribution < -0.4 is 5.32 Å². The van der Waals surface area contributed by atoms with Gasteiger partial charge in [-0.25, -0.2) is 4.98 Å². The fourth-order valence-electron chi connectivity index (χ4n) is 3.98. The summed E-state index contributed by atoms with van der Waals surface area (Å²) < 4.78 is 4.32. The van der Waals surface area contributed by atoms with Crippen molar-refractivity contribution in [3.63, 3.8) is 0 Å². The maximum absolute atomic E-state index is 4.78. The summed E-state index contributed by atoms with van der Waals surface area (Å²) in [5.74, 6) is 0.941. The third-order valence-electron chi connectivity index (χ3n) is 5.17. The third kappa shape index (κ3) is 2.77. The molecule has 3 heterocycles. The molecule has 0 bridgehead atoms. The second-order valence-corrected chi connectivity index (χ2v) is 6.66. The predicted octanol–water partition coefficient (Wildman–Crippen LogP) is 3.14. The van der Waals surface area contributed by atoms with Gasteiger partial charge in [-0.3, -0.25) is 9.25 Å². The lowest BCUT2D eigenvalue weighted by atomic mass is 9.90. The predicted molar refractivity (Wildman–Crippen MR) is 100 cm³/mol. The van der Waals surface area contributed by atoms with Crippen LogP contribution in [-0.2, 0) is 25.9 Å². The minimum atomic E-state index is 0. The molecule has 1 N–H and O–H groups in total. The molecule has 3 aromatic rings. The van der Waals surface area contributed by atoms with E-state index in [9.17, 15) is 0 Å². The van der Waals surface area contributed by atoms with Gasteiger partial charge >= 0.3 is 0 Å². The summed E-state index contributed by atoms with van der Waals surface area (Å²) >= 11 is 0. The summed E-state index contributed by atoms with van der Waals surface area (Å²) in [6.07, 6.45) is 8.88. The first-order valence-corrected chi connectivity index (χ1v) is 8.82. The van der Waals surface area contributed by atoms with Crippen LogP contribution in [0.25, 0.3) is 17.2 Å². The molecule has 0 amide bonds. The van der Waals surface area contributed by atoms with E-state index in [1.807, 2.05) is 6.20 Å². The van der Waals surface area contributed by atoms with E-state index in [2.05, 4.69) is 50.0 Å². The Bertz CT molecular complexity index is 872. The highest BCUT2D eigenvalue weighted by atomic mass is 35.5. The molecule has 6 heteroatoms. The van der Waals surface area contributed by atoms with Crippen LogP contribution in [0.4, 0.5) is 0 Å². The molecule has 1 aliphatic carbocycles. The van der Waals surface area contributed by atoms with Gasteiger partial charge < -0.3 is 5.32 Å². The molecule has 25 heavy (non-hydrogen) atoms. The molecule has 5 nitrogen and oxygen atoms in total. The lowest BCUT2D eigenvalue weighted by Crippen LogP contribution is -2.28. The van der Waals surface area contributed by atoms with Crippen LogP contribution in [0.1, 0.15) is 29.7 Å². The van der Waals surface area contributed by atoms with E-state index in [1.54, 1.807) is 0 Å². The van der Waals surface area contributed by atoms with Gasteiger partial charge in [0, 0.05) is 25.5 Å². The Morgan fingerprint density at radius 1 is 1.12 bits per heavy atom. The zero-order chi connectivity index (χ0) is 15.9. The van der Waals surface area contributed by atoms with E-state index < -0.39 is 0 Å². The third-order valence-corrected chi connectivity index (χ3v) is 5.17. The van der Waals surface area contributed by atoms with Crippen molar-refractivity contribution in [2.45, 2.75) is 38.8 Å². The number of nitrogens with one attached hydrogen (secondary N) is 1. The second kappa shape index (κ2) is 6.65. The summed E-state index contributed by atoms with van der Waals surface area (Å²) in [5.41, 5.74) is 6.44. The van der Waals surface area contributed by atoms with Crippen molar-refractivity contribution in [3.05, 3.63) is 53.5 Å². The zero-order valence-electron chi connectivity index (χ0n) is 14.1. The molecule has 0 saturated carbocycles. The molecule has 2 aromatic heterocycles. The molecule has 0 atom stereocenters. The number of nitrogens with zero attached hydrogens (tertiary/aromatic N) is 4. The second-order valence-electron chi connectivity index (χ2n) is 6.66. The molecule has 0 unspecified atom stereocenters. The molecule has 5 rings (SSSR count). The quantitative estimate of drug-likeness (QED) is 0.768. The van der Waals surface area contributed by atoms with Crippen molar-refractivity contribution < 1.29 is 0 Å². The van der Waals surface area contributed by atoms with E-state index in [1.165, 1.54) is 41.8 Å². The van der Waals surface area contributed by atoms with Gasteiger partial charge in [0.25, 0.3) is 0 Å². The number of hydrogen-bond donors (Lipinski definition) is 1. The molecule has 0 saturated heterocycles. The lowest BCUT2D eigenvalue weighted by molar-refractivity contribution is 0.476. The normalized spacial score (nSPS) is 16.0. The highest BCUT2D eigenvalue weighted by Gasteiger charge is 2.19. The Labute approximate surface area is 153 Å². The fraction of sp³-hybridized carbons (Fsp3) is 0.368. The SMILES string of the molecule is Cl.c1cc2c(c(-n3ccnc3-c3cc4n(n3)CCNC4)c1)CCCC2. The van der Waals surface area contributed by atoms with Gasteiger partial charge in [-0.1, -0.05) is 12.1 Å². The Balaban J connectivity index is 0.00000157. The molecule has 0 radical (unpaired) electrons. The lowest BCUT2D eigenvalue weighted by Gasteiger charge is -2.20. The first kappa shape index (κ1) is 16.4. The topological polar surface area (TPSA) is 47.7 Å². The number of imidazole rings is 1. The Hall–Kier alpha value is -2.11. The maximum Gasteiger partial charge on any atom is 0.165 e. The van der Waals surface area contributed by atoms with Crippen LogP contribution in [0.3, 0.4) is 0 Å². The van der Waals surface area contributed by atoms with Crippen molar-refractivity contribution in [2.75, 3.05) is 6.54 Å². The summed E-state index contributed by atoms with van der Waals surface area (Å²) in [5, 5.41) is 8.18. The number of aromatic nitrogens is 4. The van der Waals surface area contributed by atoms with Gasteiger partial charge in [-0.2, -0.15) is 5.10 Å². The van der Waals surface area contributed by atoms with E-state index in [4.69, 9.17) is 5.10 Å². The monoisotopic (exact) mass is 355 g/mol. The van der Waals surface area contributed by atoms with Crippen LogP contribution in [0, 0.1) is 0 Å². The van der Waals surface area contributed by atoms with Gasteiger partial charge in [-0.05, 0) is 48.9 Å². The number of halogens is 1. The van der Waals surface area contributed by atoms with Gasteiger partial charge in [0.05, 0.1) is 17.9 Å². The highest BCUT2D eigenvalue weighted by molar-refractivity contribution is 5.85. The summed E-state index contributed by atoms with van der Waals surface area (Å²) in [4.78, 5) is 4.62. The van der Waals surface area contributed by atoms with Gasteiger partial charge in [0.2, 0.25) is 0 Å². The number of aryl methyl sites for hydroxylation is 1. The molecule has 1 aromatic carbocycles. The number of hydrogen-bond acceptors (Lipinski definition) is 3. The van der Waals surface area contributed by atoms with Crippen LogP contribution in [0.2, 0.25) is 0 Å². The molecule has 0 spiro atoms. The smallest absolute Gasteiger partial charge is 0.165 e. The molecule has 1 aliphatic heterocycles. The zero-order valence-corrected chi connectivity index (χ0v) is 14.9. The van der Waals surface area contributed by atoms with Crippen LogP contribution in [0.15, 0.2) is 36.7 Å².